The molecule has 0 N–H and O–H groups in total. The van der Waals surface area contributed by atoms with Gasteiger partial charge in [0.25, 0.3) is 0 Å². The first kappa shape index (κ1) is 20.2. The lowest BCUT2D eigenvalue weighted by molar-refractivity contribution is -0.139. The zero-order valence-corrected chi connectivity index (χ0v) is 16.5. The van der Waals surface area contributed by atoms with Crippen LogP contribution in [0, 0.1) is 0 Å². The summed E-state index contributed by atoms with van der Waals surface area (Å²) in [5.41, 5.74) is 0. The van der Waals surface area contributed by atoms with Crippen LogP contribution in [0.3, 0.4) is 0 Å². The number of halogens is 1. The fraction of sp³-hybridized carbons (Fsp3) is 0.136. The molecule has 135 valence electrons. The molecule has 0 heterocycles. The maximum absolute atomic E-state index is 12.6. The van der Waals surface area contributed by atoms with Crippen molar-refractivity contribution in [3.8, 4) is 0 Å². The van der Waals surface area contributed by atoms with Gasteiger partial charge in [0, 0.05) is 0 Å². The SMILES string of the molecule is CCOC(=O)C[P](c1ccccc1)(c1ccccc1)c1ccccc1.Cl. The van der Waals surface area contributed by atoms with E-state index in [2.05, 4.69) is 36.4 Å². The summed E-state index contributed by atoms with van der Waals surface area (Å²) < 4.78 is 5.35. The van der Waals surface area contributed by atoms with Crippen molar-refractivity contribution in [2.45, 2.75) is 6.92 Å². The molecule has 3 aromatic rings. The van der Waals surface area contributed by atoms with E-state index >= 15 is 0 Å². The fourth-order valence-electron chi connectivity index (χ4n) is 3.17. The van der Waals surface area contributed by atoms with Gasteiger partial charge in [-0.25, -0.2) is 0 Å². The summed E-state index contributed by atoms with van der Waals surface area (Å²) in [6.07, 6.45) is 0.374. The van der Waals surface area contributed by atoms with Crippen LogP contribution in [0.4, 0.5) is 0 Å². The van der Waals surface area contributed by atoms with Gasteiger partial charge in [-0.15, -0.1) is 12.4 Å². The number of carbonyl (C=O) groups excluding carboxylic acids is 1. The van der Waals surface area contributed by atoms with E-state index < -0.39 is 7.26 Å². The molecule has 0 aliphatic carbocycles. The Kier molecular flexibility index (Phi) is 7.38. The lowest BCUT2D eigenvalue weighted by Gasteiger charge is -2.37. The fourth-order valence-corrected chi connectivity index (χ4v) is 7.13. The van der Waals surface area contributed by atoms with Gasteiger partial charge in [-0.2, -0.15) is 0 Å². The third-order valence-corrected chi connectivity index (χ3v) is 8.53. The van der Waals surface area contributed by atoms with Gasteiger partial charge in [0.1, 0.15) is 0 Å². The van der Waals surface area contributed by atoms with Crippen LogP contribution in [0.1, 0.15) is 6.92 Å². The predicted molar refractivity (Wildman–Crippen MR) is 114 cm³/mol. The minimum absolute atomic E-state index is 0. The number of hydrogen-bond donors (Lipinski definition) is 0. The molecule has 0 bridgehead atoms. The van der Waals surface area contributed by atoms with Crippen molar-refractivity contribution in [3.05, 3.63) is 91.0 Å². The molecule has 0 spiro atoms. The Morgan fingerprint density at radius 3 is 1.38 bits per heavy atom. The second-order valence-electron chi connectivity index (χ2n) is 5.78. The summed E-state index contributed by atoms with van der Waals surface area (Å²) in [5, 5.41) is 3.58. The third kappa shape index (κ3) is 4.15. The number of ether oxygens (including phenoxy) is 1. The van der Waals surface area contributed by atoms with Gasteiger partial charge >= 0.3 is 5.97 Å². The molecule has 0 saturated heterocycles. The van der Waals surface area contributed by atoms with E-state index in [4.69, 9.17) is 4.74 Å². The summed E-state index contributed by atoms with van der Waals surface area (Å²) in [6.45, 7) is 2.25. The molecule has 0 aromatic heterocycles. The van der Waals surface area contributed by atoms with Crippen molar-refractivity contribution in [2.24, 2.45) is 0 Å². The van der Waals surface area contributed by atoms with Crippen molar-refractivity contribution >= 4 is 41.6 Å². The Balaban J connectivity index is 0.00000243. The monoisotopic (exact) mass is 385 g/mol. The van der Waals surface area contributed by atoms with Gasteiger partial charge in [-0.05, 0) is 30.1 Å². The first-order valence-corrected chi connectivity index (χ1v) is 10.5. The molecule has 3 rings (SSSR count). The zero-order chi connectivity index (χ0) is 17.5. The standard InChI is InChI=1S/C22H22O2P.ClH/c1-2-24-22(23)18-25(19-12-6-3-7-13-19,20-14-8-4-9-15-20)21-16-10-5-11-17-21;/h3-17H,2,18H2,1H3;1H. The first-order valence-electron chi connectivity index (χ1n) is 8.48. The molecule has 1 radical (unpaired) electrons. The second kappa shape index (κ2) is 9.52. The van der Waals surface area contributed by atoms with Crippen molar-refractivity contribution in [3.63, 3.8) is 0 Å². The highest BCUT2D eigenvalue weighted by Gasteiger charge is 2.36. The van der Waals surface area contributed by atoms with Crippen LogP contribution in [0.25, 0.3) is 0 Å². The number of benzene rings is 3. The molecule has 0 atom stereocenters. The molecule has 0 aliphatic heterocycles. The van der Waals surface area contributed by atoms with Crippen LogP contribution in [0.15, 0.2) is 91.0 Å². The Hall–Kier alpha value is -2.15. The van der Waals surface area contributed by atoms with Crippen molar-refractivity contribution < 1.29 is 9.53 Å². The molecule has 0 unspecified atom stereocenters. The molecule has 3 aromatic carbocycles. The highest BCUT2D eigenvalue weighted by molar-refractivity contribution is 7.96. The molecule has 0 aliphatic rings. The molecular weight excluding hydrogens is 363 g/mol. The topological polar surface area (TPSA) is 26.3 Å². The van der Waals surface area contributed by atoms with Crippen LogP contribution in [0.5, 0.6) is 0 Å². The van der Waals surface area contributed by atoms with E-state index in [1.54, 1.807) is 0 Å². The molecule has 26 heavy (non-hydrogen) atoms. The lowest BCUT2D eigenvalue weighted by atomic mass is 10.4. The smallest absolute Gasteiger partial charge is 0.310 e. The van der Waals surface area contributed by atoms with E-state index in [1.807, 2.05) is 61.5 Å². The van der Waals surface area contributed by atoms with Gasteiger partial charge < -0.3 is 4.74 Å². The van der Waals surface area contributed by atoms with Gasteiger partial charge in [0.2, 0.25) is 0 Å². The highest BCUT2D eigenvalue weighted by atomic mass is 35.5. The number of hydrogen-bond acceptors (Lipinski definition) is 2. The molecule has 0 fully saturated rings. The van der Waals surface area contributed by atoms with Crippen LogP contribution < -0.4 is 15.9 Å². The number of esters is 1. The molecular formula is C22H23ClO2P. The Bertz CT molecular complexity index is 711. The van der Waals surface area contributed by atoms with E-state index in [9.17, 15) is 4.79 Å². The summed E-state index contributed by atoms with van der Waals surface area (Å²) in [7, 11) is -2.11. The molecule has 2 nitrogen and oxygen atoms in total. The van der Waals surface area contributed by atoms with Crippen LogP contribution in [-0.2, 0) is 9.53 Å². The predicted octanol–water partition coefficient (Wildman–Crippen LogP) is 3.97. The molecule has 4 heteroatoms. The Morgan fingerprint density at radius 1 is 0.731 bits per heavy atom. The van der Waals surface area contributed by atoms with Crippen LogP contribution in [0.2, 0.25) is 0 Å². The normalized spacial score (nSPS) is 10.7. The minimum atomic E-state index is -2.11. The van der Waals surface area contributed by atoms with E-state index in [-0.39, 0.29) is 18.4 Å². The summed E-state index contributed by atoms with van der Waals surface area (Å²) in [6, 6.07) is 31.1. The average Bonchev–Trinajstić information content (AvgIpc) is 2.68. The number of rotatable bonds is 6. The van der Waals surface area contributed by atoms with Crippen molar-refractivity contribution in [1.82, 2.24) is 0 Å². The van der Waals surface area contributed by atoms with Crippen molar-refractivity contribution in [1.29, 1.82) is 0 Å². The molecule has 0 amide bonds. The van der Waals surface area contributed by atoms with Crippen molar-refractivity contribution in [2.75, 3.05) is 12.8 Å². The second-order valence-corrected chi connectivity index (χ2v) is 9.26. The van der Waals surface area contributed by atoms with E-state index in [0.717, 1.165) is 0 Å². The number of carbonyl (C=O) groups is 1. The Morgan fingerprint density at radius 2 is 1.08 bits per heavy atom. The lowest BCUT2D eigenvalue weighted by Crippen LogP contribution is -2.36. The zero-order valence-electron chi connectivity index (χ0n) is 14.7. The molecule has 0 saturated carbocycles. The van der Waals surface area contributed by atoms with Crippen LogP contribution in [-0.4, -0.2) is 18.7 Å². The van der Waals surface area contributed by atoms with Gasteiger partial charge in [0.05, 0.1) is 12.8 Å². The third-order valence-electron chi connectivity index (χ3n) is 4.26. The van der Waals surface area contributed by atoms with Gasteiger partial charge in [-0.3, -0.25) is 4.79 Å². The van der Waals surface area contributed by atoms with Crippen LogP contribution >= 0.6 is 19.7 Å². The van der Waals surface area contributed by atoms with Gasteiger partial charge in [0.15, 0.2) is 0 Å². The maximum Gasteiger partial charge on any atom is 0.310 e. The first-order chi connectivity index (χ1) is 12.3. The summed E-state index contributed by atoms with van der Waals surface area (Å²) >= 11 is 0. The largest absolute Gasteiger partial charge is 0.466 e. The summed E-state index contributed by atoms with van der Waals surface area (Å²) in [4.78, 5) is 12.6. The average molecular weight is 386 g/mol. The minimum Gasteiger partial charge on any atom is -0.466 e. The Labute approximate surface area is 162 Å². The quantitative estimate of drug-likeness (QED) is 0.474. The summed E-state index contributed by atoms with van der Waals surface area (Å²) in [5.74, 6) is -0.146. The van der Waals surface area contributed by atoms with E-state index in [1.165, 1.54) is 15.9 Å². The van der Waals surface area contributed by atoms with E-state index in [0.29, 0.717) is 12.8 Å². The van der Waals surface area contributed by atoms with Gasteiger partial charge in [-0.1, -0.05) is 91.0 Å². The maximum atomic E-state index is 12.6. The highest BCUT2D eigenvalue weighted by Crippen LogP contribution is 2.55.